The highest BCUT2D eigenvalue weighted by Crippen LogP contribution is 2.20. The molecule has 92 valence electrons. The van der Waals surface area contributed by atoms with Crippen LogP contribution in [0.1, 0.15) is 17.3 Å². The molecule has 0 aliphatic carbocycles. The van der Waals surface area contributed by atoms with Crippen molar-refractivity contribution in [1.29, 1.82) is 0 Å². The van der Waals surface area contributed by atoms with Gasteiger partial charge in [-0.15, -0.1) is 0 Å². The number of ketones is 1. The first kappa shape index (κ1) is 12.2. The monoisotopic (exact) mass is 240 g/mol. The van der Waals surface area contributed by atoms with Gasteiger partial charge in [0.2, 0.25) is 0 Å². The lowest BCUT2D eigenvalue weighted by Crippen LogP contribution is -1.95. The molecule has 0 atom stereocenters. The molecule has 3 nitrogen and oxygen atoms in total. The van der Waals surface area contributed by atoms with E-state index < -0.39 is 0 Å². The van der Waals surface area contributed by atoms with E-state index in [1.54, 1.807) is 6.92 Å². The first-order valence-corrected chi connectivity index (χ1v) is 5.85. The number of nitrogens with one attached hydrogen (secondary N) is 2. The Hall–Kier alpha value is -2.29. The highest BCUT2D eigenvalue weighted by Gasteiger charge is 1.99. The number of benzene rings is 2. The number of anilines is 3. The van der Waals surface area contributed by atoms with Crippen LogP contribution in [0, 0.1) is 0 Å². The minimum atomic E-state index is 0.0822. The summed E-state index contributed by atoms with van der Waals surface area (Å²) in [7, 11) is 1.89. The second-order valence-electron chi connectivity index (χ2n) is 4.09. The van der Waals surface area contributed by atoms with Gasteiger partial charge in [-0.3, -0.25) is 4.79 Å². The maximum absolute atomic E-state index is 11.2. The second kappa shape index (κ2) is 5.36. The Morgan fingerprint density at radius 1 is 0.944 bits per heavy atom. The maximum atomic E-state index is 11.2. The van der Waals surface area contributed by atoms with Gasteiger partial charge in [-0.05, 0) is 49.4 Å². The minimum absolute atomic E-state index is 0.0822. The molecular formula is C15H16N2O. The van der Waals surface area contributed by atoms with Crippen LogP contribution < -0.4 is 10.6 Å². The van der Waals surface area contributed by atoms with Gasteiger partial charge in [0.15, 0.2) is 5.78 Å². The van der Waals surface area contributed by atoms with E-state index in [-0.39, 0.29) is 5.78 Å². The summed E-state index contributed by atoms with van der Waals surface area (Å²) < 4.78 is 0. The fourth-order valence-corrected chi connectivity index (χ4v) is 1.71. The van der Waals surface area contributed by atoms with Crippen LogP contribution >= 0.6 is 0 Å². The Balaban J connectivity index is 2.15. The number of hydrogen-bond donors (Lipinski definition) is 2. The Kier molecular flexibility index (Phi) is 3.63. The van der Waals surface area contributed by atoms with E-state index in [1.165, 1.54) is 0 Å². The Morgan fingerprint density at radius 2 is 1.61 bits per heavy atom. The van der Waals surface area contributed by atoms with Crippen molar-refractivity contribution < 1.29 is 4.79 Å². The van der Waals surface area contributed by atoms with Crippen LogP contribution in [0.3, 0.4) is 0 Å². The quantitative estimate of drug-likeness (QED) is 0.801. The lowest BCUT2D eigenvalue weighted by Gasteiger charge is -2.08. The first-order valence-electron chi connectivity index (χ1n) is 5.85. The van der Waals surface area contributed by atoms with Gasteiger partial charge in [0.25, 0.3) is 0 Å². The average Bonchev–Trinajstić information content (AvgIpc) is 2.39. The summed E-state index contributed by atoms with van der Waals surface area (Å²) in [4.78, 5) is 11.2. The third-order valence-corrected chi connectivity index (χ3v) is 2.73. The molecular weight excluding hydrogens is 224 g/mol. The van der Waals surface area contributed by atoms with Crippen LogP contribution in [-0.2, 0) is 0 Å². The molecule has 0 spiro atoms. The van der Waals surface area contributed by atoms with Gasteiger partial charge < -0.3 is 10.6 Å². The van der Waals surface area contributed by atoms with Crippen LogP contribution in [0.15, 0.2) is 48.5 Å². The summed E-state index contributed by atoms with van der Waals surface area (Å²) in [5, 5.41) is 6.39. The summed E-state index contributed by atoms with van der Waals surface area (Å²) in [6.45, 7) is 1.57. The van der Waals surface area contributed by atoms with E-state index in [9.17, 15) is 4.79 Å². The molecule has 0 aliphatic rings. The Bertz CT molecular complexity index is 547. The summed E-state index contributed by atoms with van der Waals surface area (Å²) in [5.74, 6) is 0.0822. The molecule has 18 heavy (non-hydrogen) atoms. The van der Waals surface area contributed by atoms with Crippen molar-refractivity contribution in [2.75, 3.05) is 17.7 Å². The molecule has 0 aliphatic heterocycles. The van der Waals surface area contributed by atoms with Gasteiger partial charge in [-0.1, -0.05) is 6.07 Å². The number of Topliss-reactive ketones (excluding diaryl/α,β-unsaturated/α-hetero) is 1. The van der Waals surface area contributed by atoms with Gasteiger partial charge in [0, 0.05) is 29.7 Å². The molecule has 0 radical (unpaired) electrons. The average molecular weight is 240 g/mol. The number of carbonyl (C=O) groups is 1. The maximum Gasteiger partial charge on any atom is 0.159 e. The lowest BCUT2D eigenvalue weighted by molar-refractivity contribution is 0.101. The number of carbonyl (C=O) groups excluding carboxylic acids is 1. The van der Waals surface area contributed by atoms with Gasteiger partial charge in [-0.25, -0.2) is 0 Å². The second-order valence-corrected chi connectivity index (χ2v) is 4.09. The zero-order valence-electron chi connectivity index (χ0n) is 10.5. The third-order valence-electron chi connectivity index (χ3n) is 2.73. The molecule has 2 aromatic rings. The van der Waals surface area contributed by atoms with Crippen LogP contribution in [0.25, 0.3) is 0 Å². The zero-order valence-corrected chi connectivity index (χ0v) is 10.5. The fraction of sp³-hybridized carbons (Fsp3) is 0.133. The summed E-state index contributed by atoms with van der Waals surface area (Å²) in [6.07, 6.45) is 0. The van der Waals surface area contributed by atoms with Crippen molar-refractivity contribution in [2.45, 2.75) is 6.92 Å². The third kappa shape index (κ3) is 2.88. The smallest absolute Gasteiger partial charge is 0.159 e. The highest BCUT2D eigenvalue weighted by atomic mass is 16.1. The van der Waals surface area contributed by atoms with Gasteiger partial charge in [0.1, 0.15) is 0 Å². The van der Waals surface area contributed by atoms with Crippen LogP contribution in [-0.4, -0.2) is 12.8 Å². The molecule has 0 heterocycles. The number of rotatable bonds is 4. The predicted molar refractivity (Wildman–Crippen MR) is 75.7 cm³/mol. The normalized spacial score (nSPS) is 9.89. The first-order chi connectivity index (χ1) is 8.69. The molecule has 0 saturated carbocycles. The van der Waals surface area contributed by atoms with Gasteiger partial charge in [-0.2, -0.15) is 0 Å². The molecule has 0 unspecified atom stereocenters. The molecule has 3 heteroatoms. The van der Waals surface area contributed by atoms with Crippen molar-refractivity contribution in [2.24, 2.45) is 0 Å². The molecule has 0 bridgehead atoms. The highest BCUT2D eigenvalue weighted by molar-refractivity contribution is 5.94. The Labute approximate surface area is 107 Å². The standard InChI is InChI=1S/C15H16N2O/c1-11(18)12-6-8-13(9-7-12)17-15-5-3-4-14(10-15)16-2/h3-10,16-17H,1-2H3. The molecule has 2 rings (SSSR count). The molecule has 2 N–H and O–H groups in total. The van der Waals surface area contributed by atoms with E-state index >= 15 is 0 Å². The fourth-order valence-electron chi connectivity index (χ4n) is 1.71. The van der Waals surface area contributed by atoms with Gasteiger partial charge in [0.05, 0.1) is 0 Å². The van der Waals surface area contributed by atoms with Crippen molar-refractivity contribution in [3.05, 3.63) is 54.1 Å². The summed E-state index contributed by atoms with van der Waals surface area (Å²) >= 11 is 0. The zero-order chi connectivity index (χ0) is 13.0. The van der Waals surface area contributed by atoms with Gasteiger partial charge >= 0.3 is 0 Å². The molecule has 0 amide bonds. The summed E-state index contributed by atoms with van der Waals surface area (Å²) in [6, 6.07) is 15.5. The van der Waals surface area contributed by atoms with E-state index in [2.05, 4.69) is 10.6 Å². The number of hydrogen-bond acceptors (Lipinski definition) is 3. The van der Waals surface area contributed by atoms with Crippen LogP contribution in [0.4, 0.5) is 17.1 Å². The van der Waals surface area contributed by atoms with E-state index in [0.29, 0.717) is 0 Å². The summed E-state index contributed by atoms with van der Waals surface area (Å²) in [5.41, 5.74) is 3.76. The molecule has 2 aromatic carbocycles. The lowest BCUT2D eigenvalue weighted by atomic mass is 10.1. The van der Waals surface area contributed by atoms with E-state index in [0.717, 1.165) is 22.6 Å². The topological polar surface area (TPSA) is 41.1 Å². The van der Waals surface area contributed by atoms with Crippen LogP contribution in [0.2, 0.25) is 0 Å². The SMILES string of the molecule is CNc1cccc(Nc2ccc(C(C)=O)cc2)c1. The molecule has 0 saturated heterocycles. The largest absolute Gasteiger partial charge is 0.388 e. The Morgan fingerprint density at radius 3 is 2.22 bits per heavy atom. The molecule has 0 aromatic heterocycles. The van der Waals surface area contributed by atoms with Crippen LogP contribution in [0.5, 0.6) is 0 Å². The molecule has 0 fully saturated rings. The van der Waals surface area contributed by atoms with E-state index in [4.69, 9.17) is 0 Å². The van der Waals surface area contributed by atoms with Crippen molar-refractivity contribution in [1.82, 2.24) is 0 Å². The minimum Gasteiger partial charge on any atom is -0.388 e. The van der Waals surface area contributed by atoms with E-state index in [1.807, 2.05) is 55.6 Å². The van der Waals surface area contributed by atoms with Crippen molar-refractivity contribution >= 4 is 22.8 Å². The predicted octanol–water partition coefficient (Wildman–Crippen LogP) is 3.67. The van der Waals surface area contributed by atoms with Crippen molar-refractivity contribution in [3.63, 3.8) is 0 Å². The van der Waals surface area contributed by atoms with Crippen molar-refractivity contribution in [3.8, 4) is 0 Å².